The zero-order chi connectivity index (χ0) is 20.1. The molecule has 0 aromatic heterocycles. The second-order valence-corrected chi connectivity index (χ2v) is 7.57. The van der Waals surface area contributed by atoms with Gasteiger partial charge >= 0.3 is 0 Å². The van der Waals surface area contributed by atoms with E-state index < -0.39 is 6.10 Å². The summed E-state index contributed by atoms with van der Waals surface area (Å²) in [5, 5.41) is 3.61. The smallest absolute Gasteiger partial charge is 0.265 e. The van der Waals surface area contributed by atoms with Gasteiger partial charge < -0.3 is 15.0 Å². The number of para-hydroxylation sites is 1. The average molecular weight is 421 g/mol. The predicted octanol–water partition coefficient (Wildman–Crippen LogP) is 5.03. The molecule has 1 saturated heterocycles. The van der Waals surface area contributed by atoms with Crippen LogP contribution in [0, 0.1) is 0 Å². The molecule has 1 N–H and O–H groups in total. The lowest BCUT2D eigenvalue weighted by molar-refractivity contribution is -0.122. The Morgan fingerprint density at radius 3 is 2.50 bits per heavy atom. The molecule has 1 aliphatic rings. The molecule has 0 aliphatic carbocycles. The van der Waals surface area contributed by atoms with Crippen molar-refractivity contribution >= 4 is 40.7 Å². The molecular weight excluding hydrogens is 399 g/mol. The largest absolute Gasteiger partial charge is 0.479 e. The molecular formula is C21H22Cl2N2O3. The van der Waals surface area contributed by atoms with E-state index in [9.17, 15) is 9.59 Å². The first kappa shape index (κ1) is 20.5. The lowest BCUT2D eigenvalue weighted by atomic mass is 10.1. The molecule has 7 heteroatoms. The van der Waals surface area contributed by atoms with E-state index in [0.717, 1.165) is 32.4 Å². The fraction of sp³-hybridized carbons (Fsp3) is 0.333. The minimum absolute atomic E-state index is 0.0649. The van der Waals surface area contributed by atoms with Crippen molar-refractivity contribution < 1.29 is 14.3 Å². The number of likely N-dealkylation sites (tertiary alicyclic amines) is 1. The van der Waals surface area contributed by atoms with Crippen molar-refractivity contribution in [1.82, 2.24) is 4.90 Å². The first-order chi connectivity index (χ1) is 13.5. The van der Waals surface area contributed by atoms with Crippen LogP contribution in [0.25, 0.3) is 0 Å². The summed E-state index contributed by atoms with van der Waals surface area (Å²) < 4.78 is 5.65. The Hall–Kier alpha value is -2.24. The van der Waals surface area contributed by atoms with Crippen molar-refractivity contribution in [3.05, 3.63) is 58.1 Å². The standard InChI is InChI=1S/C21H22Cl2N2O3/c1-14(28-19-10-9-15(22)13-17(19)23)20(26)24-18-8-4-3-7-16(18)21(27)25-11-5-2-6-12-25/h3-4,7-10,13-14H,2,5-6,11-12H2,1H3,(H,24,26). The van der Waals surface area contributed by atoms with Gasteiger partial charge in [0.2, 0.25) is 0 Å². The Morgan fingerprint density at radius 2 is 1.79 bits per heavy atom. The molecule has 0 radical (unpaired) electrons. The van der Waals surface area contributed by atoms with Crippen LogP contribution in [0.15, 0.2) is 42.5 Å². The number of amides is 2. The molecule has 0 bridgehead atoms. The lowest BCUT2D eigenvalue weighted by Gasteiger charge is -2.27. The van der Waals surface area contributed by atoms with Crippen molar-refractivity contribution in [3.8, 4) is 5.75 Å². The molecule has 2 aromatic rings. The van der Waals surface area contributed by atoms with Gasteiger partial charge in [-0.3, -0.25) is 9.59 Å². The van der Waals surface area contributed by atoms with E-state index in [1.54, 1.807) is 49.4 Å². The van der Waals surface area contributed by atoms with E-state index in [1.807, 2.05) is 4.90 Å². The number of nitrogens with zero attached hydrogens (tertiary/aromatic N) is 1. The number of hydrogen-bond donors (Lipinski definition) is 1. The molecule has 1 unspecified atom stereocenters. The molecule has 1 heterocycles. The predicted molar refractivity (Wildman–Crippen MR) is 111 cm³/mol. The van der Waals surface area contributed by atoms with Crippen LogP contribution in [0.2, 0.25) is 10.0 Å². The molecule has 0 saturated carbocycles. The maximum absolute atomic E-state index is 12.9. The number of piperidine rings is 1. The van der Waals surface area contributed by atoms with Crippen LogP contribution < -0.4 is 10.1 Å². The number of carbonyl (C=O) groups excluding carboxylic acids is 2. The van der Waals surface area contributed by atoms with Gasteiger partial charge in [-0.15, -0.1) is 0 Å². The van der Waals surface area contributed by atoms with Crippen LogP contribution in [0.5, 0.6) is 5.75 Å². The molecule has 28 heavy (non-hydrogen) atoms. The third-order valence-corrected chi connectivity index (χ3v) is 5.16. The maximum Gasteiger partial charge on any atom is 0.265 e. The van der Waals surface area contributed by atoms with Gasteiger partial charge in [-0.25, -0.2) is 0 Å². The summed E-state index contributed by atoms with van der Waals surface area (Å²) in [7, 11) is 0. The number of rotatable bonds is 5. The van der Waals surface area contributed by atoms with Crippen molar-refractivity contribution in [3.63, 3.8) is 0 Å². The van der Waals surface area contributed by atoms with E-state index >= 15 is 0 Å². The number of anilines is 1. The Kier molecular flexibility index (Phi) is 6.81. The van der Waals surface area contributed by atoms with Crippen molar-refractivity contribution in [1.29, 1.82) is 0 Å². The minimum atomic E-state index is -0.808. The van der Waals surface area contributed by atoms with E-state index in [1.165, 1.54) is 0 Å². The zero-order valence-corrected chi connectivity index (χ0v) is 17.1. The topological polar surface area (TPSA) is 58.6 Å². The van der Waals surface area contributed by atoms with E-state index in [2.05, 4.69) is 5.32 Å². The van der Waals surface area contributed by atoms with Gasteiger partial charge in [0.25, 0.3) is 11.8 Å². The van der Waals surface area contributed by atoms with Crippen LogP contribution in [0.4, 0.5) is 5.69 Å². The van der Waals surface area contributed by atoms with Gasteiger partial charge in [-0.1, -0.05) is 35.3 Å². The van der Waals surface area contributed by atoms with Crippen LogP contribution >= 0.6 is 23.2 Å². The molecule has 148 valence electrons. The van der Waals surface area contributed by atoms with E-state index in [0.29, 0.717) is 27.0 Å². The molecule has 0 spiro atoms. The summed E-state index contributed by atoms with van der Waals surface area (Å²) in [6.07, 6.45) is 2.35. The third kappa shape index (κ3) is 4.97. The minimum Gasteiger partial charge on any atom is -0.479 e. The van der Waals surface area contributed by atoms with Crippen LogP contribution in [-0.4, -0.2) is 35.9 Å². The average Bonchev–Trinajstić information content (AvgIpc) is 2.70. The number of benzene rings is 2. The SMILES string of the molecule is CC(Oc1ccc(Cl)cc1Cl)C(=O)Nc1ccccc1C(=O)N1CCCCC1. The lowest BCUT2D eigenvalue weighted by Crippen LogP contribution is -2.36. The van der Waals surface area contributed by atoms with E-state index in [4.69, 9.17) is 27.9 Å². The monoisotopic (exact) mass is 420 g/mol. The Bertz CT molecular complexity index is 866. The van der Waals surface area contributed by atoms with Gasteiger partial charge in [0.15, 0.2) is 6.10 Å². The summed E-state index contributed by atoms with van der Waals surface area (Å²) >= 11 is 12.0. The molecule has 2 aromatic carbocycles. The molecule has 1 atom stereocenters. The first-order valence-electron chi connectivity index (χ1n) is 9.26. The highest BCUT2D eigenvalue weighted by Crippen LogP contribution is 2.28. The number of nitrogens with one attached hydrogen (secondary N) is 1. The zero-order valence-electron chi connectivity index (χ0n) is 15.6. The molecule has 1 aliphatic heterocycles. The molecule has 2 amide bonds. The van der Waals surface area contributed by atoms with Gasteiger partial charge in [0, 0.05) is 18.1 Å². The van der Waals surface area contributed by atoms with Crippen molar-refractivity contribution in [2.75, 3.05) is 18.4 Å². The van der Waals surface area contributed by atoms with Crippen LogP contribution in [0.1, 0.15) is 36.5 Å². The molecule has 5 nitrogen and oxygen atoms in total. The van der Waals surface area contributed by atoms with Gasteiger partial charge in [-0.2, -0.15) is 0 Å². The molecule has 1 fully saturated rings. The normalized spacial score (nSPS) is 15.0. The highest BCUT2D eigenvalue weighted by Gasteiger charge is 2.23. The number of carbonyl (C=O) groups is 2. The summed E-state index contributed by atoms with van der Waals surface area (Å²) in [4.78, 5) is 27.3. The highest BCUT2D eigenvalue weighted by molar-refractivity contribution is 6.35. The van der Waals surface area contributed by atoms with Crippen molar-refractivity contribution in [2.24, 2.45) is 0 Å². The summed E-state index contributed by atoms with van der Waals surface area (Å²) in [6, 6.07) is 11.8. The van der Waals surface area contributed by atoms with Gasteiger partial charge in [-0.05, 0) is 56.5 Å². The Labute approximate surface area is 174 Å². The number of halogens is 2. The van der Waals surface area contributed by atoms with Crippen molar-refractivity contribution in [2.45, 2.75) is 32.3 Å². The van der Waals surface area contributed by atoms with Gasteiger partial charge in [0.05, 0.1) is 16.3 Å². The second-order valence-electron chi connectivity index (χ2n) is 6.72. The maximum atomic E-state index is 12.9. The first-order valence-corrected chi connectivity index (χ1v) is 10.0. The fourth-order valence-electron chi connectivity index (χ4n) is 3.10. The second kappa shape index (κ2) is 9.30. The number of ether oxygens (including phenoxy) is 1. The molecule has 3 rings (SSSR count). The highest BCUT2D eigenvalue weighted by atomic mass is 35.5. The fourth-order valence-corrected chi connectivity index (χ4v) is 3.55. The van der Waals surface area contributed by atoms with Crippen LogP contribution in [0.3, 0.4) is 0 Å². The third-order valence-electron chi connectivity index (χ3n) is 4.63. The summed E-state index contributed by atoms with van der Waals surface area (Å²) in [5.41, 5.74) is 0.954. The number of hydrogen-bond acceptors (Lipinski definition) is 3. The van der Waals surface area contributed by atoms with E-state index in [-0.39, 0.29) is 11.8 Å². The summed E-state index contributed by atoms with van der Waals surface area (Å²) in [6.45, 7) is 3.11. The van der Waals surface area contributed by atoms with Gasteiger partial charge in [0.1, 0.15) is 5.75 Å². The Balaban J connectivity index is 1.70. The quantitative estimate of drug-likeness (QED) is 0.737. The Morgan fingerprint density at radius 1 is 1.07 bits per heavy atom. The summed E-state index contributed by atoms with van der Waals surface area (Å²) in [5.74, 6) is -0.0683. The van der Waals surface area contributed by atoms with Crippen LogP contribution in [-0.2, 0) is 4.79 Å².